The summed E-state index contributed by atoms with van der Waals surface area (Å²) >= 11 is 3.18. The van der Waals surface area contributed by atoms with Gasteiger partial charge in [0.2, 0.25) is 0 Å². The summed E-state index contributed by atoms with van der Waals surface area (Å²) in [5.41, 5.74) is -0.307. The maximum Gasteiger partial charge on any atom is 0.375 e. The maximum atomic E-state index is 14.0. The van der Waals surface area contributed by atoms with Crippen LogP contribution in [0.3, 0.4) is 0 Å². The molecule has 0 saturated carbocycles. The minimum atomic E-state index is -1.24. The van der Waals surface area contributed by atoms with Gasteiger partial charge in [0, 0.05) is 9.89 Å². The maximum absolute atomic E-state index is 14.0. The second kappa shape index (κ2) is 4.97. The predicted octanol–water partition coefficient (Wildman–Crippen LogP) is 3.16. The van der Waals surface area contributed by atoms with Crippen molar-refractivity contribution in [2.24, 2.45) is 0 Å². The molecule has 7 heteroatoms. The Morgan fingerprint density at radius 2 is 2.05 bits per heavy atom. The zero-order valence-corrected chi connectivity index (χ0v) is 12.8. The number of aromatic nitrogens is 3. The highest BCUT2D eigenvalue weighted by Gasteiger charge is 2.27. The average Bonchev–Trinajstić information content (AvgIpc) is 2.73. The molecule has 2 rings (SSSR count). The molecule has 2 aromatic rings. The minimum absolute atomic E-state index is 0.165. The standard InChI is InChI=1S/C13H13BrFN3O2/c1-13(2,3)12-16-10(11(19)20)17-18(12)9-5-4-7(14)6-8(9)15/h4-6H,1-3H3,(H,19,20). The molecule has 0 amide bonds. The van der Waals surface area contributed by atoms with E-state index in [-0.39, 0.29) is 11.5 Å². The molecule has 20 heavy (non-hydrogen) atoms. The van der Waals surface area contributed by atoms with Crippen LogP contribution in [-0.4, -0.2) is 25.8 Å². The Balaban J connectivity index is 2.69. The van der Waals surface area contributed by atoms with Crippen molar-refractivity contribution in [1.29, 1.82) is 0 Å². The van der Waals surface area contributed by atoms with Crippen LogP contribution in [0.2, 0.25) is 0 Å². The van der Waals surface area contributed by atoms with Crippen LogP contribution in [0.4, 0.5) is 4.39 Å². The first-order chi connectivity index (χ1) is 9.20. The second-order valence-corrected chi connectivity index (χ2v) is 6.24. The summed E-state index contributed by atoms with van der Waals surface area (Å²) in [7, 11) is 0. The van der Waals surface area contributed by atoms with Crippen molar-refractivity contribution >= 4 is 21.9 Å². The molecular weight excluding hydrogens is 329 g/mol. The third kappa shape index (κ3) is 2.72. The molecule has 1 aromatic carbocycles. The molecule has 0 fully saturated rings. The van der Waals surface area contributed by atoms with Gasteiger partial charge in [-0.15, -0.1) is 5.10 Å². The fourth-order valence-corrected chi connectivity index (χ4v) is 2.04. The van der Waals surface area contributed by atoms with Crippen molar-refractivity contribution in [1.82, 2.24) is 14.8 Å². The minimum Gasteiger partial charge on any atom is -0.475 e. The quantitative estimate of drug-likeness (QED) is 0.910. The van der Waals surface area contributed by atoms with Gasteiger partial charge in [0.05, 0.1) is 0 Å². The third-order valence-corrected chi connectivity index (χ3v) is 3.10. The summed E-state index contributed by atoms with van der Waals surface area (Å²) in [5, 5.41) is 12.9. The molecule has 0 aliphatic heterocycles. The zero-order chi connectivity index (χ0) is 15.1. The molecule has 0 radical (unpaired) electrons. The van der Waals surface area contributed by atoms with Gasteiger partial charge in [0.1, 0.15) is 17.3 Å². The highest BCUT2D eigenvalue weighted by molar-refractivity contribution is 9.10. The smallest absolute Gasteiger partial charge is 0.375 e. The van der Waals surface area contributed by atoms with E-state index < -0.39 is 17.2 Å². The molecule has 1 N–H and O–H groups in total. The van der Waals surface area contributed by atoms with Gasteiger partial charge in [-0.05, 0) is 18.2 Å². The Morgan fingerprint density at radius 3 is 2.55 bits per heavy atom. The Labute approximate surface area is 123 Å². The number of benzene rings is 1. The number of hydrogen-bond donors (Lipinski definition) is 1. The first-order valence-electron chi connectivity index (χ1n) is 5.86. The summed E-state index contributed by atoms with van der Waals surface area (Å²) in [6, 6.07) is 4.48. The van der Waals surface area contributed by atoms with Crippen LogP contribution in [0, 0.1) is 5.82 Å². The topological polar surface area (TPSA) is 68.0 Å². The number of aromatic carboxylic acids is 1. The average molecular weight is 342 g/mol. The second-order valence-electron chi connectivity index (χ2n) is 5.32. The fourth-order valence-electron chi connectivity index (χ4n) is 1.71. The number of rotatable bonds is 2. The predicted molar refractivity (Wildman–Crippen MR) is 74.7 cm³/mol. The van der Waals surface area contributed by atoms with Gasteiger partial charge in [-0.3, -0.25) is 0 Å². The lowest BCUT2D eigenvalue weighted by Crippen LogP contribution is -2.19. The van der Waals surface area contributed by atoms with Gasteiger partial charge < -0.3 is 5.11 Å². The Kier molecular flexibility index (Phi) is 3.64. The van der Waals surface area contributed by atoms with Crippen molar-refractivity contribution in [3.8, 4) is 5.69 Å². The van der Waals surface area contributed by atoms with Crippen molar-refractivity contribution in [2.75, 3.05) is 0 Å². The zero-order valence-electron chi connectivity index (χ0n) is 11.2. The lowest BCUT2D eigenvalue weighted by atomic mass is 9.95. The molecule has 0 aliphatic rings. The molecular formula is C13H13BrFN3O2. The summed E-state index contributed by atoms with van der Waals surface area (Å²) in [5.74, 6) is -1.72. The van der Waals surface area contributed by atoms with E-state index in [9.17, 15) is 9.18 Å². The lowest BCUT2D eigenvalue weighted by Gasteiger charge is -2.18. The number of halogens is 2. The fraction of sp³-hybridized carbons (Fsp3) is 0.308. The molecule has 5 nitrogen and oxygen atoms in total. The first-order valence-corrected chi connectivity index (χ1v) is 6.65. The van der Waals surface area contributed by atoms with E-state index >= 15 is 0 Å². The van der Waals surface area contributed by atoms with Gasteiger partial charge >= 0.3 is 5.97 Å². The molecule has 0 spiro atoms. The Bertz CT molecular complexity index is 677. The van der Waals surface area contributed by atoms with Gasteiger partial charge in [-0.25, -0.2) is 18.9 Å². The lowest BCUT2D eigenvalue weighted by molar-refractivity contribution is 0.0683. The van der Waals surface area contributed by atoms with E-state index in [0.717, 1.165) is 0 Å². The molecule has 1 heterocycles. The summed E-state index contributed by atoms with van der Waals surface area (Å²) in [6.45, 7) is 5.57. The number of carbonyl (C=O) groups is 1. The van der Waals surface area contributed by atoms with Crippen LogP contribution in [0.25, 0.3) is 5.69 Å². The van der Waals surface area contributed by atoms with Crippen molar-refractivity contribution in [3.05, 3.63) is 40.1 Å². The monoisotopic (exact) mass is 341 g/mol. The van der Waals surface area contributed by atoms with Crippen LogP contribution >= 0.6 is 15.9 Å². The van der Waals surface area contributed by atoms with E-state index in [0.29, 0.717) is 10.3 Å². The molecule has 1 aromatic heterocycles. The van der Waals surface area contributed by atoms with Crippen LogP contribution < -0.4 is 0 Å². The van der Waals surface area contributed by atoms with Crippen LogP contribution in [0.5, 0.6) is 0 Å². The highest BCUT2D eigenvalue weighted by Crippen LogP contribution is 2.26. The van der Waals surface area contributed by atoms with E-state index in [2.05, 4.69) is 26.0 Å². The normalized spacial score (nSPS) is 11.7. The van der Waals surface area contributed by atoms with E-state index in [1.807, 2.05) is 20.8 Å². The summed E-state index contributed by atoms with van der Waals surface area (Å²) in [4.78, 5) is 15.0. The highest BCUT2D eigenvalue weighted by atomic mass is 79.9. The van der Waals surface area contributed by atoms with Crippen LogP contribution in [0.1, 0.15) is 37.2 Å². The Morgan fingerprint density at radius 1 is 1.40 bits per heavy atom. The summed E-state index contributed by atoms with van der Waals surface area (Å²) in [6.07, 6.45) is 0. The molecule has 0 bridgehead atoms. The van der Waals surface area contributed by atoms with Gasteiger partial charge in [-0.1, -0.05) is 36.7 Å². The summed E-state index contributed by atoms with van der Waals surface area (Å²) < 4.78 is 15.9. The molecule has 106 valence electrons. The van der Waals surface area contributed by atoms with E-state index in [4.69, 9.17) is 5.11 Å². The molecule has 0 aliphatic carbocycles. The number of hydrogen-bond acceptors (Lipinski definition) is 3. The van der Waals surface area contributed by atoms with Crippen LogP contribution in [-0.2, 0) is 5.41 Å². The third-order valence-electron chi connectivity index (χ3n) is 2.61. The van der Waals surface area contributed by atoms with Gasteiger partial charge in [0.15, 0.2) is 0 Å². The largest absolute Gasteiger partial charge is 0.475 e. The van der Waals surface area contributed by atoms with Gasteiger partial charge in [-0.2, -0.15) is 0 Å². The van der Waals surface area contributed by atoms with Crippen molar-refractivity contribution < 1.29 is 14.3 Å². The van der Waals surface area contributed by atoms with E-state index in [1.54, 1.807) is 6.07 Å². The number of carboxylic acids is 1. The molecule has 0 unspecified atom stereocenters. The van der Waals surface area contributed by atoms with E-state index in [1.165, 1.54) is 16.8 Å². The van der Waals surface area contributed by atoms with Crippen LogP contribution in [0.15, 0.2) is 22.7 Å². The van der Waals surface area contributed by atoms with Gasteiger partial charge in [0.25, 0.3) is 5.82 Å². The molecule has 0 atom stereocenters. The van der Waals surface area contributed by atoms with Crippen molar-refractivity contribution in [2.45, 2.75) is 26.2 Å². The molecule has 0 saturated heterocycles. The number of nitrogens with zero attached hydrogens (tertiary/aromatic N) is 3. The first kappa shape index (κ1) is 14.6. The SMILES string of the molecule is CC(C)(C)c1nc(C(=O)O)nn1-c1ccc(Br)cc1F. The van der Waals surface area contributed by atoms with Crippen molar-refractivity contribution in [3.63, 3.8) is 0 Å². The number of carboxylic acid groups (broad SMARTS) is 1. The Hall–Kier alpha value is -1.76.